The molecule has 2 aliphatic heterocycles. The number of hydrogen-bond acceptors (Lipinski definition) is 8. The Labute approximate surface area is 223 Å². The topological polar surface area (TPSA) is 84.2 Å². The Kier molecular flexibility index (Phi) is 7.20. The molecule has 0 unspecified atom stereocenters. The number of morpholine rings is 1. The van der Waals surface area contributed by atoms with Gasteiger partial charge in [-0.3, -0.25) is 4.90 Å². The van der Waals surface area contributed by atoms with Gasteiger partial charge in [-0.2, -0.15) is 0 Å². The number of hydrogen-bond donors (Lipinski definition) is 1. The lowest BCUT2D eigenvalue weighted by atomic mass is 10.0. The summed E-state index contributed by atoms with van der Waals surface area (Å²) < 4.78 is 7.67. The molecule has 0 aliphatic carbocycles. The molecule has 0 saturated carbocycles. The molecule has 1 N–H and O–H groups in total. The van der Waals surface area contributed by atoms with Crippen LogP contribution in [0, 0.1) is 0 Å². The molecule has 0 radical (unpaired) electrons. The number of nitrogens with zero attached hydrogens (tertiary/aromatic N) is 7. The summed E-state index contributed by atoms with van der Waals surface area (Å²) in [7, 11) is 0. The van der Waals surface area contributed by atoms with Crippen molar-refractivity contribution in [1.29, 1.82) is 0 Å². The minimum atomic E-state index is 0.192. The Balaban J connectivity index is 1.21. The highest BCUT2D eigenvalue weighted by Gasteiger charge is 2.24. The molecule has 4 aromatic rings. The van der Waals surface area contributed by atoms with E-state index in [0.717, 1.165) is 93.0 Å². The van der Waals surface area contributed by atoms with Gasteiger partial charge in [0.25, 0.3) is 0 Å². The highest BCUT2D eigenvalue weighted by molar-refractivity contribution is 5.86. The molecular formula is C29H36N8O. The molecule has 0 amide bonds. The van der Waals surface area contributed by atoms with Crippen LogP contribution in [-0.2, 0) is 11.3 Å². The summed E-state index contributed by atoms with van der Waals surface area (Å²) in [5, 5.41) is 3.70. The fraction of sp³-hybridized carbons (Fsp3) is 0.448. The van der Waals surface area contributed by atoms with Crippen LogP contribution in [0.4, 0.5) is 11.6 Å². The lowest BCUT2D eigenvalue weighted by molar-refractivity contribution is 0.122. The van der Waals surface area contributed by atoms with Gasteiger partial charge in [0.05, 0.1) is 13.2 Å². The van der Waals surface area contributed by atoms with E-state index in [-0.39, 0.29) is 6.04 Å². The zero-order valence-corrected chi connectivity index (χ0v) is 22.3. The number of aromatic nitrogens is 5. The van der Waals surface area contributed by atoms with E-state index < -0.39 is 0 Å². The second-order valence-electron chi connectivity index (χ2n) is 10.5. The van der Waals surface area contributed by atoms with Crippen LogP contribution in [-0.4, -0.2) is 74.8 Å². The third-order valence-electron chi connectivity index (χ3n) is 7.51. The first-order valence-electron chi connectivity index (χ1n) is 13.7. The summed E-state index contributed by atoms with van der Waals surface area (Å²) in [5.74, 6) is 2.66. The largest absolute Gasteiger partial charge is 0.378 e. The van der Waals surface area contributed by atoms with Crippen molar-refractivity contribution in [3.8, 4) is 11.4 Å². The number of pyridine rings is 1. The molecule has 9 heteroatoms. The normalized spacial score (nSPS) is 17.4. The van der Waals surface area contributed by atoms with Gasteiger partial charge in [0, 0.05) is 56.6 Å². The minimum absolute atomic E-state index is 0.192. The molecule has 2 aliphatic rings. The van der Waals surface area contributed by atoms with Crippen LogP contribution < -0.4 is 10.2 Å². The zero-order chi connectivity index (χ0) is 25.9. The van der Waals surface area contributed by atoms with E-state index in [1.807, 2.05) is 6.20 Å². The van der Waals surface area contributed by atoms with Gasteiger partial charge in [-0.1, -0.05) is 30.3 Å². The molecule has 9 nitrogen and oxygen atoms in total. The molecule has 0 atom stereocenters. The number of anilines is 2. The first-order chi connectivity index (χ1) is 18.7. The number of piperidine rings is 1. The molecule has 6 rings (SSSR count). The van der Waals surface area contributed by atoms with Crippen LogP contribution in [0.2, 0.25) is 0 Å². The predicted molar refractivity (Wildman–Crippen MR) is 150 cm³/mol. The number of nitrogens with one attached hydrogen (secondary N) is 1. The second kappa shape index (κ2) is 11.0. The summed E-state index contributed by atoms with van der Waals surface area (Å²) >= 11 is 0. The van der Waals surface area contributed by atoms with Crippen LogP contribution in [0.3, 0.4) is 0 Å². The van der Waals surface area contributed by atoms with Crippen molar-refractivity contribution in [3.63, 3.8) is 0 Å². The van der Waals surface area contributed by atoms with Crippen molar-refractivity contribution in [1.82, 2.24) is 29.4 Å². The summed E-state index contributed by atoms with van der Waals surface area (Å²) in [6.07, 6.45) is 5.72. The molecule has 38 heavy (non-hydrogen) atoms. The van der Waals surface area contributed by atoms with E-state index in [1.165, 1.54) is 5.56 Å². The van der Waals surface area contributed by atoms with Crippen molar-refractivity contribution < 1.29 is 4.74 Å². The van der Waals surface area contributed by atoms with E-state index in [4.69, 9.17) is 14.7 Å². The maximum absolute atomic E-state index is 5.48. The third kappa shape index (κ3) is 5.21. The Morgan fingerprint density at radius 3 is 2.45 bits per heavy atom. The van der Waals surface area contributed by atoms with Crippen molar-refractivity contribution in [3.05, 3.63) is 60.6 Å². The molecule has 2 fully saturated rings. The molecular weight excluding hydrogens is 476 g/mol. The SMILES string of the molecule is CC(C)n1c(-c2ccc(N3CCOCC3)nc2)nc2c(NC3CCN(Cc4ccccc4)CC3)ncnc21. The Morgan fingerprint density at radius 1 is 0.947 bits per heavy atom. The fourth-order valence-electron chi connectivity index (χ4n) is 5.48. The summed E-state index contributed by atoms with van der Waals surface area (Å²) in [4.78, 5) is 23.9. The van der Waals surface area contributed by atoms with E-state index >= 15 is 0 Å². The summed E-state index contributed by atoms with van der Waals surface area (Å²) in [6.45, 7) is 10.7. The smallest absolute Gasteiger partial charge is 0.166 e. The number of benzene rings is 1. The van der Waals surface area contributed by atoms with Gasteiger partial charge in [0.15, 0.2) is 17.0 Å². The zero-order valence-electron chi connectivity index (χ0n) is 22.3. The van der Waals surface area contributed by atoms with Gasteiger partial charge in [0.2, 0.25) is 0 Å². The van der Waals surface area contributed by atoms with Gasteiger partial charge in [-0.15, -0.1) is 0 Å². The quantitative estimate of drug-likeness (QED) is 0.391. The number of likely N-dealkylation sites (tertiary alicyclic amines) is 1. The van der Waals surface area contributed by atoms with Gasteiger partial charge in [0.1, 0.15) is 18.0 Å². The van der Waals surface area contributed by atoms with E-state index in [2.05, 4.69) is 86.0 Å². The van der Waals surface area contributed by atoms with Crippen molar-refractivity contribution in [2.45, 2.75) is 45.3 Å². The molecule has 3 aromatic heterocycles. The fourth-order valence-corrected chi connectivity index (χ4v) is 5.48. The molecule has 198 valence electrons. The number of fused-ring (bicyclic) bond motifs is 1. The lowest BCUT2D eigenvalue weighted by Crippen LogP contribution is -2.38. The Bertz CT molecular complexity index is 1340. The van der Waals surface area contributed by atoms with Crippen LogP contribution >= 0.6 is 0 Å². The molecule has 0 bridgehead atoms. The Hall–Kier alpha value is -3.56. The second-order valence-corrected chi connectivity index (χ2v) is 10.5. The predicted octanol–water partition coefficient (Wildman–Crippen LogP) is 4.38. The van der Waals surface area contributed by atoms with Crippen molar-refractivity contribution >= 4 is 22.8 Å². The average Bonchev–Trinajstić information content (AvgIpc) is 3.36. The number of ether oxygens (including phenoxy) is 1. The van der Waals surface area contributed by atoms with Crippen LogP contribution in [0.25, 0.3) is 22.6 Å². The van der Waals surface area contributed by atoms with Gasteiger partial charge in [-0.25, -0.2) is 19.9 Å². The first kappa shape index (κ1) is 24.8. The van der Waals surface area contributed by atoms with E-state index in [0.29, 0.717) is 6.04 Å². The number of imidazole rings is 1. The van der Waals surface area contributed by atoms with E-state index in [9.17, 15) is 0 Å². The number of rotatable bonds is 7. The highest BCUT2D eigenvalue weighted by Crippen LogP contribution is 2.31. The summed E-state index contributed by atoms with van der Waals surface area (Å²) in [5.41, 5.74) is 4.02. The maximum Gasteiger partial charge on any atom is 0.166 e. The minimum Gasteiger partial charge on any atom is -0.378 e. The van der Waals surface area contributed by atoms with Gasteiger partial charge >= 0.3 is 0 Å². The van der Waals surface area contributed by atoms with Crippen molar-refractivity contribution in [2.75, 3.05) is 49.6 Å². The Morgan fingerprint density at radius 2 is 1.74 bits per heavy atom. The maximum atomic E-state index is 5.48. The van der Waals surface area contributed by atoms with Gasteiger partial charge < -0.3 is 19.5 Å². The molecule has 0 spiro atoms. The third-order valence-corrected chi connectivity index (χ3v) is 7.51. The van der Waals surface area contributed by atoms with E-state index in [1.54, 1.807) is 6.33 Å². The lowest BCUT2D eigenvalue weighted by Gasteiger charge is -2.32. The van der Waals surface area contributed by atoms with Crippen LogP contribution in [0.5, 0.6) is 0 Å². The summed E-state index contributed by atoms with van der Waals surface area (Å²) in [6, 6.07) is 15.5. The molecule has 2 saturated heterocycles. The monoisotopic (exact) mass is 512 g/mol. The molecule has 5 heterocycles. The van der Waals surface area contributed by atoms with Crippen LogP contribution in [0.1, 0.15) is 38.3 Å². The van der Waals surface area contributed by atoms with Crippen LogP contribution in [0.15, 0.2) is 55.0 Å². The van der Waals surface area contributed by atoms with Crippen molar-refractivity contribution in [2.24, 2.45) is 0 Å². The average molecular weight is 513 g/mol. The molecule has 1 aromatic carbocycles. The highest BCUT2D eigenvalue weighted by atomic mass is 16.5. The standard InChI is InChI=1S/C29H36N8O/c1-21(2)37-28(23-8-9-25(30-18-23)36-14-16-38-17-15-36)34-26-27(31-20-32-29(26)37)33-24-10-12-35(13-11-24)19-22-6-4-3-5-7-22/h3-9,18,20-21,24H,10-17,19H2,1-2H3,(H,31,32,33). The first-order valence-corrected chi connectivity index (χ1v) is 13.7. The van der Waals surface area contributed by atoms with Gasteiger partial charge in [-0.05, 0) is 44.4 Å².